The van der Waals surface area contributed by atoms with Gasteiger partial charge in [0.25, 0.3) is 0 Å². The number of hydrogen-bond acceptors (Lipinski definition) is 4. The van der Waals surface area contributed by atoms with E-state index in [1.54, 1.807) is 6.92 Å². The van der Waals surface area contributed by atoms with Crippen LogP contribution in [0.25, 0.3) is 0 Å². The van der Waals surface area contributed by atoms with Crippen LogP contribution in [0.4, 0.5) is 0 Å². The standard InChI is InChI=1S/C29H44O4/c1-16(2)7-8-23(31)17(3)26-24(32)14-22-20-13-25(33-18(4)30)29-15-19(29)9-12-28(29,6)21(20)10-11-27(22,26)5/h16-17,19-22,25-26H,7-15H2,1-6H3/t17-,19-,20-,21+,22+,25-,26+,27+,28-,29+/m1/s1. The molecule has 1 spiro atoms. The highest BCUT2D eigenvalue weighted by Crippen LogP contribution is 2.82. The topological polar surface area (TPSA) is 60.4 Å². The van der Waals surface area contributed by atoms with Gasteiger partial charge < -0.3 is 4.74 Å². The van der Waals surface area contributed by atoms with Crippen molar-refractivity contribution in [2.24, 2.45) is 57.7 Å². The molecule has 10 atom stereocenters. The fourth-order valence-electron chi connectivity index (χ4n) is 10.2. The van der Waals surface area contributed by atoms with Crippen molar-refractivity contribution >= 4 is 17.5 Å². The highest BCUT2D eigenvalue weighted by Gasteiger charge is 2.78. The van der Waals surface area contributed by atoms with E-state index < -0.39 is 0 Å². The van der Waals surface area contributed by atoms with Gasteiger partial charge in [0.05, 0.1) is 0 Å². The molecule has 33 heavy (non-hydrogen) atoms. The van der Waals surface area contributed by atoms with Crippen molar-refractivity contribution in [2.45, 2.75) is 105 Å². The van der Waals surface area contributed by atoms with Gasteiger partial charge in [0, 0.05) is 37.0 Å². The molecule has 0 bridgehead atoms. The van der Waals surface area contributed by atoms with Gasteiger partial charge in [-0.3, -0.25) is 14.4 Å². The van der Waals surface area contributed by atoms with Gasteiger partial charge in [-0.1, -0.05) is 34.6 Å². The maximum Gasteiger partial charge on any atom is 0.302 e. The molecule has 0 heterocycles. The molecule has 5 aliphatic rings. The van der Waals surface area contributed by atoms with Crippen LogP contribution in [0.2, 0.25) is 0 Å². The summed E-state index contributed by atoms with van der Waals surface area (Å²) < 4.78 is 6.06. The molecule has 0 N–H and O–H groups in total. The minimum atomic E-state index is -0.183. The SMILES string of the molecule is CC(=O)O[C@@H]1C[C@H]2[C@@H]3CC(=O)[C@H]([C@H](C)C(=O)CCC(C)C)[C@@]3(C)CC[C@@H]2[C@@]2(C)CC[C@@H]3C[C@]312. The molecular formula is C29H44O4. The summed E-state index contributed by atoms with van der Waals surface area (Å²) in [5, 5.41) is 0. The first-order valence-electron chi connectivity index (χ1n) is 13.7. The van der Waals surface area contributed by atoms with Crippen LogP contribution in [0.5, 0.6) is 0 Å². The van der Waals surface area contributed by atoms with Crippen LogP contribution < -0.4 is 0 Å². The van der Waals surface area contributed by atoms with Crippen LogP contribution in [0.15, 0.2) is 0 Å². The fraction of sp³-hybridized carbons (Fsp3) is 0.897. The van der Waals surface area contributed by atoms with Gasteiger partial charge in [-0.05, 0) is 85.4 Å². The van der Waals surface area contributed by atoms with E-state index in [9.17, 15) is 14.4 Å². The molecule has 0 radical (unpaired) electrons. The van der Waals surface area contributed by atoms with Gasteiger partial charge in [-0.15, -0.1) is 0 Å². The Labute approximate surface area is 200 Å². The summed E-state index contributed by atoms with van der Waals surface area (Å²) in [5.41, 5.74) is 0.311. The maximum atomic E-state index is 13.5. The maximum absolute atomic E-state index is 13.5. The molecule has 5 rings (SSSR count). The van der Waals surface area contributed by atoms with E-state index in [2.05, 4.69) is 27.7 Å². The molecule has 0 aromatic carbocycles. The summed E-state index contributed by atoms with van der Waals surface area (Å²) in [6, 6.07) is 0. The van der Waals surface area contributed by atoms with Gasteiger partial charge >= 0.3 is 5.97 Å². The highest BCUT2D eigenvalue weighted by molar-refractivity contribution is 5.92. The lowest BCUT2D eigenvalue weighted by Gasteiger charge is -2.60. The molecule has 0 saturated heterocycles. The summed E-state index contributed by atoms with van der Waals surface area (Å²) in [6.07, 6.45) is 8.98. The second-order valence-electron chi connectivity index (χ2n) is 13.5. The first-order valence-corrected chi connectivity index (χ1v) is 13.7. The molecule has 0 aliphatic heterocycles. The van der Waals surface area contributed by atoms with E-state index in [-0.39, 0.29) is 45.9 Å². The van der Waals surface area contributed by atoms with Gasteiger partial charge in [-0.2, -0.15) is 0 Å². The van der Waals surface area contributed by atoms with Gasteiger partial charge in [0.15, 0.2) is 0 Å². The van der Waals surface area contributed by atoms with Crippen molar-refractivity contribution in [3.63, 3.8) is 0 Å². The van der Waals surface area contributed by atoms with E-state index >= 15 is 0 Å². The second kappa shape index (κ2) is 7.65. The zero-order chi connectivity index (χ0) is 23.9. The number of hydrogen-bond donors (Lipinski definition) is 0. The van der Waals surface area contributed by atoms with Crippen molar-refractivity contribution in [1.29, 1.82) is 0 Å². The molecule has 184 valence electrons. The van der Waals surface area contributed by atoms with Crippen LogP contribution in [0.3, 0.4) is 0 Å². The number of rotatable bonds is 6. The summed E-state index contributed by atoms with van der Waals surface area (Å²) in [6.45, 7) is 12.7. The highest BCUT2D eigenvalue weighted by atomic mass is 16.5. The van der Waals surface area contributed by atoms with Crippen LogP contribution in [0, 0.1) is 57.7 Å². The van der Waals surface area contributed by atoms with E-state index in [1.807, 2.05) is 6.92 Å². The quantitative estimate of drug-likeness (QED) is 0.459. The molecule has 5 saturated carbocycles. The molecule has 0 aromatic heterocycles. The Balaban J connectivity index is 1.43. The summed E-state index contributed by atoms with van der Waals surface area (Å²) in [7, 11) is 0. The number of esters is 1. The minimum Gasteiger partial charge on any atom is -0.462 e. The monoisotopic (exact) mass is 456 g/mol. The van der Waals surface area contributed by atoms with Crippen LogP contribution >= 0.6 is 0 Å². The van der Waals surface area contributed by atoms with Gasteiger partial charge in [-0.25, -0.2) is 0 Å². The number of Topliss-reactive ketones (excluding diaryl/α,β-unsaturated/α-hetero) is 2. The molecule has 0 aromatic rings. The average Bonchev–Trinajstić information content (AvgIpc) is 3.30. The van der Waals surface area contributed by atoms with E-state index in [0.717, 1.165) is 31.6 Å². The Morgan fingerprint density at radius 1 is 1.09 bits per heavy atom. The normalized spacial score (nSPS) is 48.5. The van der Waals surface area contributed by atoms with E-state index in [1.165, 1.54) is 19.3 Å². The van der Waals surface area contributed by atoms with Crippen LogP contribution in [-0.4, -0.2) is 23.6 Å². The summed E-state index contributed by atoms with van der Waals surface area (Å²) in [5.74, 6) is 2.70. The largest absolute Gasteiger partial charge is 0.462 e. The van der Waals surface area contributed by atoms with Crippen LogP contribution in [-0.2, 0) is 19.1 Å². The summed E-state index contributed by atoms with van der Waals surface area (Å²) >= 11 is 0. The van der Waals surface area contributed by atoms with Crippen LogP contribution in [0.1, 0.15) is 99.3 Å². The molecule has 0 amide bonds. The molecule has 4 heteroatoms. The number of fused-ring (bicyclic) bond motifs is 4. The Hall–Kier alpha value is -1.19. The Kier molecular flexibility index (Phi) is 5.46. The number of carbonyl (C=O) groups excluding carboxylic acids is 3. The predicted octanol–water partition coefficient (Wildman–Crippen LogP) is 6.01. The molecule has 5 fully saturated rings. The van der Waals surface area contributed by atoms with Crippen molar-refractivity contribution in [1.82, 2.24) is 0 Å². The Bertz CT molecular complexity index is 862. The lowest BCUT2D eigenvalue weighted by atomic mass is 9.45. The lowest BCUT2D eigenvalue weighted by molar-refractivity contribution is -0.182. The molecular weight excluding hydrogens is 412 g/mol. The number of ether oxygens (including phenoxy) is 1. The minimum absolute atomic E-state index is 0.00958. The van der Waals surface area contributed by atoms with Crippen molar-refractivity contribution in [3.8, 4) is 0 Å². The zero-order valence-electron chi connectivity index (χ0n) is 21.6. The zero-order valence-corrected chi connectivity index (χ0v) is 21.6. The Morgan fingerprint density at radius 3 is 2.45 bits per heavy atom. The Morgan fingerprint density at radius 2 is 1.82 bits per heavy atom. The fourth-order valence-corrected chi connectivity index (χ4v) is 10.2. The number of ketones is 2. The molecule has 0 unspecified atom stereocenters. The first kappa shape index (κ1) is 23.5. The molecule has 4 nitrogen and oxygen atoms in total. The second-order valence-corrected chi connectivity index (χ2v) is 13.5. The molecule has 5 aliphatic carbocycles. The average molecular weight is 457 g/mol. The van der Waals surface area contributed by atoms with E-state index in [4.69, 9.17) is 4.74 Å². The van der Waals surface area contributed by atoms with Gasteiger partial charge in [0.2, 0.25) is 0 Å². The predicted molar refractivity (Wildman–Crippen MR) is 127 cm³/mol. The van der Waals surface area contributed by atoms with E-state index in [0.29, 0.717) is 42.3 Å². The van der Waals surface area contributed by atoms with Crippen molar-refractivity contribution in [2.75, 3.05) is 0 Å². The number of carbonyl (C=O) groups is 3. The summed E-state index contributed by atoms with van der Waals surface area (Å²) in [4.78, 5) is 38.7. The lowest BCUT2D eigenvalue weighted by Crippen LogP contribution is -2.57. The third-order valence-corrected chi connectivity index (χ3v) is 11.7. The third-order valence-electron chi connectivity index (χ3n) is 11.7. The van der Waals surface area contributed by atoms with Gasteiger partial charge in [0.1, 0.15) is 17.7 Å². The smallest absolute Gasteiger partial charge is 0.302 e. The van der Waals surface area contributed by atoms with Crippen molar-refractivity contribution in [3.05, 3.63) is 0 Å². The van der Waals surface area contributed by atoms with Crippen molar-refractivity contribution < 1.29 is 19.1 Å². The third kappa shape index (κ3) is 3.17. The first-order chi connectivity index (χ1) is 15.5.